The Hall–Kier alpha value is -2.97. The van der Waals surface area contributed by atoms with Crippen molar-refractivity contribution in [3.8, 4) is 5.75 Å². The summed E-state index contributed by atoms with van der Waals surface area (Å²) < 4.78 is 41.1. The van der Waals surface area contributed by atoms with Crippen LogP contribution in [0.5, 0.6) is 5.75 Å². The lowest BCUT2D eigenvalue weighted by atomic mass is 10.0. The Morgan fingerprint density at radius 1 is 1.23 bits per heavy atom. The van der Waals surface area contributed by atoms with Crippen LogP contribution >= 0.6 is 0 Å². The standard InChI is InChI=1S/C13H7F3N2O4/c14-13(15,16)22-12-9(4-1-5-10(12)18(20)21)11(19)8-3-2-6-17-7-8/h1-7H. The molecule has 9 heteroatoms. The lowest BCUT2D eigenvalue weighted by molar-refractivity contribution is -0.388. The number of rotatable bonds is 4. The minimum atomic E-state index is -5.17. The number of nitro benzene ring substituents is 1. The number of benzene rings is 1. The van der Waals surface area contributed by atoms with Gasteiger partial charge in [0.15, 0.2) is 5.78 Å². The molecule has 0 aliphatic rings. The van der Waals surface area contributed by atoms with E-state index in [2.05, 4.69) is 9.72 Å². The number of pyridine rings is 1. The van der Waals surface area contributed by atoms with Crippen LogP contribution in [0, 0.1) is 10.1 Å². The number of hydrogen-bond donors (Lipinski definition) is 0. The number of nitrogens with zero attached hydrogens (tertiary/aromatic N) is 2. The molecule has 0 radical (unpaired) electrons. The molecule has 2 aromatic rings. The summed E-state index contributed by atoms with van der Waals surface area (Å²) in [6, 6.07) is 5.68. The Kier molecular flexibility index (Phi) is 4.06. The number of halogens is 3. The van der Waals surface area contributed by atoms with Crippen LogP contribution in [0.15, 0.2) is 42.7 Å². The van der Waals surface area contributed by atoms with E-state index in [0.717, 1.165) is 24.4 Å². The topological polar surface area (TPSA) is 82.3 Å². The maximum atomic E-state index is 12.5. The molecular formula is C13H7F3N2O4. The van der Waals surface area contributed by atoms with E-state index >= 15 is 0 Å². The fraction of sp³-hybridized carbons (Fsp3) is 0.0769. The van der Waals surface area contributed by atoms with Crippen LogP contribution in [-0.4, -0.2) is 22.1 Å². The van der Waals surface area contributed by atoms with Crippen molar-refractivity contribution in [3.05, 3.63) is 64.0 Å². The molecule has 0 aliphatic heterocycles. The first-order valence-electron chi connectivity index (χ1n) is 5.77. The van der Waals surface area contributed by atoms with E-state index < -0.39 is 34.1 Å². The van der Waals surface area contributed by atoms with E-state index in [1.807, 2.05) is 0 Å². The van der Waals surface area contributed by atoms with Crippen molar-refractivity contribution in [1.82, 2.24) is 4.98 Å². The molecule has 6 nitrogen and oxygen atoms in total. The second-order valence-corrected chi connectivity index (χ2v) is 4.03. The van der Waals surface area contributed by atoms with Crippen LogP contribution in [0.4, 0.5) is 18.9 Å². The van der Waals surface area contributed by atoms with Gasteiger partial charge in [-0.15, -0.1) is 13.2 Å². The molecule has 114 valence electrons. The third-order valence-electron chi connectivity index (χ3n) is 2.58. The number of ketones is 1. The van der Waals surface area contributed by atoms with Crippen molar-refractivity contribution < 1.29 is 27.6 Å². The van der Waals surface area contributed by atoms with E-state index in [-0.39, 0.29) is 5.56 Å². The van der Waals surface area contributed by atoms with Gasteiger partial charge in [-0.1, -0.05) is 6.07 Å². The number of carbonyl (C=O) groups excluding carboxylic acids is 1. The predicted octanol–water partition coefficient (Wildman–Crippen LogP) is 3.12. The van der Waals surface area contributed by atoms with Gasteiger partial charge in [0, 0.05) is 24.0 Å². The molecule has 0 atom stereocenters. The zero-order chi connectivity index (χ0) is 16.3. The first-order chi connectivity index (χ1) is 10.3. The van der Waals surface area contributed by atoms with Crippen LogP contribution in [0.25, 0.3) is 0 Å². The summed E-state index contributed by atoms with van der Waals surface area (Å²) in [5, 5.41) is 10.9. The van der Waals surface area contributed by atoms with E-state index in [1.165, 1.54) is 18.3 Å². The van der Waals surface area contributed by atoms with Crippen LogP contribution in [0.2, 0.25) is 0 Å². The van der Waals surface area contributed by atoms with E-state index in [0.29, 0.717) is 0 Å². The van der Waals surface area contributed by atoms with E-state index in [4.69, 9.17) is 0 Å². The number of alkyl halides is 3. The number of ether oxygens (including phenoxy) is 1. The monoisotopic (exact) mass is 312 g/mol. The molecule has 1 aromatic heterocycles. The van der Waals surface area contributed by atoms with Crippen LogP contribution < -0.4 is 4.74 Å². The molecule has 0 fully saturated rings. The molecule has 1 aromatic carbocycles. The largest absolute Gasteiger partial charge is 0.573 e. The summed E-state index contributed by atoms with van der Waals surface area (Å²) in [7, 11) is 0. The highest BCUT2D eigenvalue weighted by Crippen LogP contribution is 2.36. The fourth-order valence-corrected chi connectivity index (χ4v) is 1.72. The summed E-state index contributed by atoms with van der Waals surface area (Å²) in [5.74, 6) is -2.01. The van der Waals surface area contributed by atoms with Crippen molar-refractivity contribution in [2.24, 2.45) is 0 Å². The van der Waals surface area contributed by atoms with Crippen LogP contribution in [0.1, 0.15) is 15.9 Å². The van der Waals surface area contributed by atoms with Gasteiger partial charge in [0.25, 0.3) is 0 Å². The predicted molar refractivity (Wildman–Crippen MR) is 67.4 cm³/mol. The summed E-state index contributed by atoms with van der Waals surface area (Å²) >= 11 is 0. The normalized spacial score (nSPS) is 11.0. The van der Waals surface area contributed by atoms with Gasteiger partial charge in [0.05, 0.1) is 10.5 Å². The Morgan fingerprint density at radius 2 is 1.95 bits per heavy atom. The molecule has 0 saturated carbocycles. The molecule has 0 spiro atoms. The minimum absolute atomic E-state index is 0.0185. The molecule has 1 heterocycles. The van der Waals surface area contributed by atoms with Gasteiger partial charge in [-0.2, -0.15) is 0 Å². The highest BCUT2D eigenvalue weighted by atomic mass is 19.4. The summed E-state index contributed by atoms with van der Waals surface area (Å²) in [4.78, 5) is 25.7. The number of carbonyl (C=O) groups is 1. The number of hydrogen-bond acceptors (Lipinski definition) is 5. The van der Waals surface area contributed by atoms with Gasteiger partial charge in [-0.05, 0) is 18.2 Å². The van der Waals surface area contributed by atoms with E-state index in [9.17, 15) is 28.1 Å². The second-order valence-electron chi connectivity index (χ2n) is 4.03. The average molecular weight is 312 g/mol. The lowest BCUT2D eigenvalue weighted by Gasteiger charge is -2.12. The average Bonchev–Trinajstić information content (AvgIpc) is 2.46. The molecule has 0 amide bonds. The molecule has 0 bridgehead atoms. The fourth-order valence-electron chi connectivity index (χ4n) is 1.72. The van der Waals surface area contributed by atoms with Crippen molar-refractivity contribution >= 4 is 11.5 Å². The Bertz CT molecular complexity index is 717. The smallest absolute Gasteiger partial charge is 0.398 e. The van der Waals surface area contributed by atoms with Gasteiger partial charge >= 0.3 is 12.0 Å². The molecule has 0 saturated heterocycles. The van der Waals surface area contributed by atoms with Crippen molar-refractivity contribution in [2.75, 3.05) is 0 Å². The Balaban J connectivity index is 2.58. The van der Waals surface area contributed by atoms with Gasteiger partial charge in [-0.3, -0.25) is 19.9 Å². The zero-order valence-corrected chi connectivity index (χ0v) is 10.7. The molecule has 2 rings (SSSR count). The maximum absolute atomic E-state index is 12.5. The van der Waals surface area contributed by atoms with Gasteiger partial charge in [0.1, 0.15) is 0 Å². The van der Waals surface area contributed by atoms with Crippen molar-refractivity contribution in [1.29, 1.82) is 0 Å². The third-order valence-corrected chi connectivity index (χ3v) is 2.58. The van der Waals surface area contributed by atoms with Gasteiger partial charge in [-0.25, -0.2) is 0 Å². The molecular weight excluding hydrogens is 305 g/mol. The summed E-state index contributed by atoms with van der Waals surface area (Å²) in [6.07, 6.45) is -2.66. The quantitative estimate of drug-likeness (QED) is 0.492. The second kappa shape index (κ2) is 5.80. The van der Waals surface area contributed by atoms with E-state index in [1.54, 1.807) is 0 Å². The molecule has 22 heavy (non-hydrogen) atoms. The summed E-state index contributed by atoms with van der Waals surface area (Å²) in [5.41, 5.74) is -1.54. The highest BCUT2D eigenvalue weighted by molar-refractivity contribution is 6.11. The number of aromatic nitrogens is 1. The summed E-state index contributed by atoms with van der Waals surface area (Å²) in [6.45, 7) is 0. The highest BCUT2D eigenvalue weighted by Gasteiger charge is 2.37. The Labute approximate surface area is 121 Å². The Morgan fingerprint density at radius 3 is 2.50 bits per heavy atom. The lowest BCUT2D eigenvalue weighted by Crippen LogP contribution is -2.20. The zero-order valence-electron chi connectivity index (χ0n) is 10.7. The van der Waals surface area contributed by atoms with Gasteiger partial charge < -0.3 is 4.74 Å². The number of para-hydroxylation sites is 1. The molecule has 0 unspecified atom stereocenters. The molecule has 0 N–H and O–H groups in total. The van der Waals surface area contributed by atoms with Crippen molar-refractivity contribution in [3.63, 3.8) is 0 Å². The third kappa shape index (κ3) is 3.37. The first kappa shape index (κ1) is 15.4. The van der Waals surface area contributed by atoms with Crippen LogP contribution in [0.3, 0.4) is 0 Å². The van der Waals surface area contributed by atoms with Crippen LogP contribution in [-0.2, 0) is 0 Å². The SMILES string of the molecule is O=C(c1cccnc1)c1cccc([N+](=O)[O-])c1OC(F)(F)F. The van der Waals surface area contributed by atoms with Gasteiger partial charge in [0.2, 0.25) is 5.75 Å². The van der Waals surface area contributed by atoms with Crippen molar-refractivity contribution in [2.45, 2.75) is 6.36 Å². The first-order valence-corrected chi connectivity index (χ1v) is 5.77. The molecule has 0 aliphatic carbocycles. The minimum Gasteiger partial charge on any atom is -0.398 e. The number of nitro groups is 1. The maximum Gasteiger partial charge on any atom is 0.573 e.